The molecule has 2 rings (SSSR count). The van der Waals surface area contributed by atoms with E-state index < -0.39 is 5.91 Å². The van der Waals surface area contributed by atoms with Crippen molar-refractivity contribution in [1.82, 2.24) is 4.98 Å². The van der Waals surface area contributed by atoms with Gasteiger partial charge in [-0.1, -0.05) is 24.3 Å². The molecule has 2 aromatic rings. The number of carbonyl (C=O) groups excluding carboxylic acids is 1. The zero-order chi connectivity index (χ0) is 12.4. The van der Waals surface area contributed by atoms with Crippen molar-refractivity contribution in [3.8, 4) is 11.3 Å². The van der Waals surface area contributed by atoms with Gasteiger partial charge in [0.15, 0.2) is 5.69 Å². The third-order valence-electron chi connectivity index (χ3n) is 2.58. The zero-order valence-corrected chi connectivity index (χ0v) is 9.47. The minimum atomic E-state index is -0.613. The summed E-state index contributed by atoms with van der Waals surface area (Å²) < 4.78 is 0. The number of nitrogen functional groups attached to an aromatic ring is 1. The first-order chi connectivity index (χ1) is 8.09. The highest BCUT2D eigenvalue weighted by Gasteiger charge is 2.10. The van der Waals surface area contributed by atoms with Gasteiger partial charge in [-0.25, -0.2) is 4.98 Å². The van der Waals surface area contributed by atoms with Crippen molar-refractivity contribution in [3.05, 3.63) is 47.7 Å². The molecule has 4 nitrogen and oxygen atoms in total. The number of rotatable bonds is 2. The Balaban J connectivity index is 2.58. The van der Waals surface area contributed by atoms with E-state index in [9.17, 15) is 4.79 Å². The molecule has 4 heteroatoms. The Morgan fingerprint density at radius 2 is 1.88 bits per heavy atom. The number of anilines is 1. The SMILES string of the molecule is Cc1ccccc1-c1ccc(N)c(C(N)=O)n1. The van der Waals surface area contributed by atoms with E-state index in [-0.39, 0.29) is 5.69 Å². The van der Waals surface area contributed by atoms with E-state index in [0.29, 0.717) is 11.4 Å². The summed E-state index contributed by atoms with van der Waals surface area (Å²) in [5, 5.41) is 0. The van der Waals surface area contributed by atoms with E-state index >= 15 is 0 Å². The Labute approximate surface area is 99.3 Å². The molecule has 0 saturated carbocycles. The third kappa shape index (κ3) is 2.10. The van der Waals surface area contributed by atoms with Crippen molar-refractivity contribution in [3.63, 3.8) is 0 Å². The largest absolute Gasteiger partial charge is 0.397 e. The number of aryl methyl sites for hydroxylation is 1. The fraction of sp³-hybridized carbons (Fsp3) is 0.0769. The Bertz CT molecular complexity index is 579. The maximum absolute atomic E-state index is 11.2. The maximum Gasteiger partial charge on any atom is 0.269 e. The van der Waals surface area contributed by atoms with Crippen molar-refractivity contribution in [2.24, 2.45) is 5.73 Å². The maximum atomic E-state index is 11.2. The fourth-order valence-corrected chi connectivity index (χ4v) is 1.68. The highest BCUT2D eigenvalue weighted by Crippen LogP contribution is 2.23. The second-order valence-electron chi connectivity index (χ2n) is 3.81. The molecule has 1 heterocycles. The Morgan fingerprint density at radius 1 is 1.18 bits per heavy atom. The topological polar surface area (TPSA) is 82.0 Å². The number of carbonyl (C=O) groups is 1. The molecule has 0 bridgehead atoms. The van der Waals surface area contributed by atoms with Crippen LogP contribution >= 0.6 is 0 Å². The van der Waals surface area contributed by atoms with Crippen LogP contribution in [0.25, 0.3) is 11.3 Å². The van der Waals surface area contributed by atoms with Crippen LogP contribution in [0.5, 0.6) is 0 Å². The molecule has 0 radical (unpaired) electrons. The van der Waals surface area contributed by atoms with Crippen LogP contribution in [0, 0.1) is 6.92 Å². The summed E-state index contributed by atoms with van der Waals surface area (Å²) in [5.74, 6) is -0.613. The minimum Gasteiger partial charge on any atom is -0.397 e. The van der Waals surface area contributed by atoms with Crippen LogP contribution in [-0.2, 0) is 0 Å². The monoisotopic (exact) mass is 227 g/mol. The molecular weight excluding hydrogens is 214 g/mol. The van der Waals surface area contributed by atoms with E-state index in [2.05, 4.69) is 4.98 Å². The number of amides is 1. The summed E-state index contributed by atoms with van der Waals surface area (Å²) in [6, 6.07) is 11.2. The average Bonchev–Trinajstić information content (AvgIpc) is 2.30. The molecule has 4 N–H and O–H groups in total. The smallest absolute Gasteiger partial charge is 0.269 e. The van der Waals surface area contributed by atoms with Gasteiger partial charge in [-0.05, 0) is 24.6 Å². The molecule has 0 aliphatic heterocycles. The number of benzene rings is 1. The Hall–Kier alpha value is -2.36. The van der Waals surface area contributed by atoms with Crippen molar-refractivity contribution in [2.45, 2.75) is 6.92 Å². The molecule has 86 valence electrons. The first-order valence-electron chi connectivity index (χ1n) is 5.22. The summed E-state index contributed by atoms with van der Waals surface area (Å²) in [6.07, 6.45) is 0. The van der Waals surface area contributed by atoms with Crippen molar-refractivity contribution in [1.29, 1.82) is 0 Å². The van der Waals surface area contributed by atoms with Gasteiger partial charge in [-0.3, -0.25) is 4.79 Å². The highest BCUT2D eigenvalue weighted by atomic mass is 16.1. The molecule has 0 fully saturated rings. The molecule has 0 saturated heterocycles. The van der Waals surface area contributed by atoms with Crippen LogP contribution in [0.15, 0.2) is 36.4 Å². The van der Waals surface area contributed by atoms with Crippen LogP contribution in [0.4, 0.5) is 5.69 Å². The van der Waals surface area contributed by atoms with Crippen LogP contribution in [0.3, 0.4) is 0 Å². The number of pyridine rings is 1. The van der Waals surface area contributed by atoms with Gasteiger partial charge in [0.25, 0.3) is 5.91 Å². The van der Waals surface area contributed by atoms with Crippen LogP contribution in [0.1, 0.15) is 16.1 Å². The summed E-state index contributed by atoms with van der Waals surface area (Å²) in [4.78, 5) is 15.4. The average molecular weight is 227 g/mol. The van der Waals surface area contributed by atoms with E-state index in [0.717, 1.165) is 11.1 Å². The van der Waals surface area contributed by atoms with Gasteiger partial charge in [0.1, 0.15) is 0 Å². The Kier molecular flexibility index (Phi) is 2.78. The fourth-order valence-electron chi connectivity index (χ4n) is 1.68. The predicted octanol–water partition coefficient (Wildman–Crippen LogP) is 1.74. The molecular formula is C13H13N3O. The summed E-state index contributed by atoms with van der Waals surface area (Å²) in [7, 11) is 0. The molecule has 0 spiro atoms. The second-order valence-corrected chi connectivity index (χ2v) is 3.81. The van der Waals surface area contributed by atoms with Crippen molar-refractivity contribution < 1.29 is 4.79 Å². The number of nitrogens with zero attached hydrogens (tertiary/aromatic N) is 1. The number of aromatic nitrogens is 1. The van der Waals surface area contributed by atoms with Gasteiger partial charge in [0.2, 0.25) is 0 Å². The van der Waals surface area contributed by atoms with Crippen LogP contribution < -0.4 is 11.5 Å². The zero-order valence-electron chi connectivity index (χ0n) is 9.47. The minimum absolute atomic E-state index is 0.116. The number of hydrogen-bond acceptors (Lipinski definition) is 3. The lowest BCUT2D eigenvalue weighted by atomic mass is 10.0. The van der Waals surface area contributed by atoms with Crippen molar-refractivity contribution >= 4 is 11.6 Å². The molecule has 0 aliphatic carbocycles. The van der Waals surface area contributed by atoms with Crippen LogP contribution in [0.2, 0.25) is 0 Å². The molecule has 1 aromatic heterocycles. The number of hydrogen-bond donors (Lipinski definition) is 2. The lowest BCUT2D eigenvalue weighted by Gasteiger charge is -2.07. The summed E-state index contributed by atoms with van der Waals surface area (Å²) >= 11 is 0. The first kappa shape index (κ1) is 11.1. The lowest BCUT2D eigenvalue weighted by Crippen LogP contribution is -2.15. The van der Waals surface area contributed by atoms with Crippen molar-refractivity contribution in [2.75, 3.05) is 5.73 Å². The van der Waals surface area contributed by atoms with E-state index in [1.54, 1.807) is 12.1 Å². The lowest BCUT2D eigenvalue weighted by molar-refractivity contribution is 0.0996. The van der Waals surface area contributed by atoms with Gasteiger partial charge >= 0.3 is 0 Å². The van der Waals surface area contributed by atoms with Gasteiger partial charge in [0, 0.05) is 5.56 Å². The van der Waals surface area contributed by atoms with E-state index in [1.807, 2.05) is 31.2 Å². The highest BCUT2D eigenvalue weighted by molar-refractivity contribution is 5.96. The molecule has 1 aromatic carbocycles. The van der Waals surface area contributed by atoms with E-state index in [1.165, 1.54) is 0 Å². The first-order valence-corrected chi connectivity index (χ1v) is 5.22. The second kappa shape index (κ2) is 4.25. The van der Waals surface area contributed by atoms with Gasteiger partial charge in [0.05, 0.1) is 11.4 Å². The van der Waals surface area contributed by atoms with Gasteiger partial charge in [-0.15, -0.1) is 0 Å². The normalized spacial score (nSPS) is 10.2. The summed E-state index contributed by atoms with van der Waals surface area (Å²) in [6.45, 7) is 1.98. The molecule has 17 heavy (non-hydrogen) atoms. The Morgan fingerprint density at radius 3 is 2.53 bits per heavy atom. The molecule has 1 amide bonds. The third-order valence-corrected chi connectivity index (χ3v) is 2.58. The van der Waals surface area contributed by atoms with Gasteiger partial charge in [-0.2, -0.15) is 0 Å². The van der Waals surface area contributed by atoms with Gasteiger partial charge < -0.3 is 11.5 Å². The molecule has 0 unspecified atom stereocenters. The standard InChI is InChI=1S/C13H13N3O/c1-8-4-2-3-5-9(8)11-7-6-10(14)12(16-11)13(15)17/h2-7H,14H2,1H3,(H2,15,17). The molecule has 0 aliphatic rings. The van der Waals surface area contributed by atoms with E-state index in [4.69, 9.17) is 11.5 Å². The number of primary amides is 1. The quantitative estimate of drug-likeness (QED) is 0.819. The predicted molar refractivity (Wildman–Crippen MR) is 67.3 cm³/mol. The van der Waals surface area contributed by atoms with Crippen LogP contribution in [-0.4, -0.2) is 10.9 Å². The summed E-state index contributed by atoms with van der Waals surface area (Å²) in [5.41, 5.74) is 14.0. The number of nitrogens with two attached hydrogens (primary N) is 2. The molecule has 0 atom stereocenters.